The molecule has 10 nitrogen and oxygen atoms in total. The predicted octanol–water partition coefficient (Wildman–Crippen LogP) is 0.240. The van der Waals surface area contributed by atoms with Crippen LogP contribution in [0.2, 0.25) is 0 Å². The van der Waals surface area contributed by atoms with E-state index in [1.807, 2.05) is 0 Å². The summed E-state index contributed by atoms with van der Waals surface area (Å²) in [5.74, 6) is -4.20. The molecule has 0 aromatic heterocycles. The lowest BCUT2D eigenvalue weighted by Gasteiger charge is -2.35. The summed E-state index contributed by atoms with van der Waals surface area (Å²) in [6, 6.07) is 6.43. The van der Waals surface area contributed by atoms with Gasteiger partial charge in [0.1, 0.15) is 28.7 Å². The van der Waals surface area contributed by atoms with Crippen molar-refractivity contribution in [2.75, 3.05) is 26.6 Å². The molecule has 2 heterocycles. The van der Waals surface area contributed by atoms with Crippen LogP contribution in [0, 0.1) is 0 Å². The summed E-state index contributed by atoms with van der Waals surface area (Å²) in [6.07, 6.45) is -0.521. The molecular weight excluding hydrogens is 384 g/mol. The first-order valence-corrected chi connectivity index (χ1v) is 8.38. The van der Waals surface area contributed by atoms with Crippen LogP contribution in [0.15, 0.2) is 47.1 Å². The third-order valence-corrected chi connectivity index (χ3v) is 4.74. The molecule has 0 aliphatic carbocycles. The van der Waals surface area contributed by atoms with E-state index in [9.17, 15) is 19.2 Å². The van der Waals surface area contributed by atoms with Gasteiger partial charge in [0.25, 0.3) is 0 Å². The van der Waals surface area contributed by atoms with Gasteiger partial charge >= 0.3 is 17.9 Å². The van der Waals surface area contributed by atoms with Gasteiger partial charge < -0.3 is 30.0 Å². The summed E-state index contributed by atoms with van der Waals surface area (Å²) in [4.78, 5) is 50.7. The fraction of sp³-hybridized carbons (Fsp3) is 0.263. The third kappa shape index (κ3) is 2.80. The number of esters is 3. The summed E-state index contributed by atoms with van der Waals surface area (Å²) in [5, 5.41) is 2.63. The minimum atomic E-state index is -2.03. The van der Waals surface area contributed by atoms with Crippen molar-refractivity contribution in [3.05, 3.63) is 52.6 Å². The SMILES string of the molecule is COC(=O)CC1=C(C(=O)OC)C2(C(=O)Nc3ccccc32)C(C(=O)OC)=C(N)O1. The van der Waals surface area contributed by atoms with Gasteiger partial charge in [0.2, 0.25) is 11.8 Å². The van der Waals surface area contributed by atoms with Crippen molar-refractivity contribution in [2.45, 2.75) is 11.8 Å². The van der Waals surface area contributed by atoms with Crippen molar-refractivity contribution in [1.29, 1.82) is 0 Å². The molecule has 3 N–H and O–H groups in total. The Bertz CT molecular complexity index is 994. The van der Waals surface area contributed by atoms with Gasteiger partial charge in [-0.05, 0) is 6.07 Å². The normalized spacial score (nSPS) is 20.0. The highest BCUT2D eigenvalue weighted by atomic mass is 16.5. The van der Waals surface area contributed by atoms with Gasteiger partial charge in [0.05, 0.1) is 21.3 Å². The number of hydrogen-bond donors (Lipinski definition) is 2. The number of nitrogens with one attached hydrogen (secondary N) is 1. The lowest BCUT2D eigenvalue weighted by Crippen LogP contribution is -2.48. The van der Waals surface area contributed by atoms with Crippen LogP contribution >= 0.6 is 0 Å². The first kappa shape index (κ1) is 19.9. The van der Waals surface area contributed by atoms with Crippen molar-refractivity contribution < 1.29 is 38.1 Å². The van der Waals surface area contributed by atoms with Crippen LogP contribution in [0.25, 0.3) is 0 Å². The van der Waals surface area contributed by atoms with Gasteiger partial charge in [0.15, 0.2) is 0 Å². The van der Waals surface area contributed by atoms with Gasteiger partial charge in [-0.15, -0.1) is 0 Å². The van der Waals surface area contributed by atoms with Crippen LogP contribution in [0.5, 0.6) is 0 Å². The van der Waals surface area contributed by atoms with Crippen LogP contribution in [-0.2, 0) is 43.5 Å². The highest BCUT2D eigenvalue weighted by molar-refractivity contribution is 6.21. The van der Waals surface area contributed by atoms with E-state index in [2.05, 4.69) is 10.1 Å². The molecule has 0 saturated carbocycles. The second-order valence-corrected chi connectivity index (χ2v) is 6.13. The average molecular weight is 402 g/mol. The quantitative estimate of drug-likeness (QED) is 0.534. The van der Waals surface area contributed by atoms with E-state index >= 15 is 0 Å². The van der Waals surface area contributed by atoms with Crippen LogP contribution in [0.1, 0.15) is 12.0 Å². The second-order valence-electron chi connectivity index (χ2n) is 6.13. The fourth-order valence-electron chi connectivity index (χ4n) is 3.56. The number of para-hydroxylation sites is 1. The molecule has 1 aromatic rings. The Morgan fingerprint density at radius 1 is 1.03 bits per heavy atom. The number of methoxy groups -OCH3 is 3. The molecule has 1 aromatic carbocycles. The minimum Gasteiger partial charge on any atom is -0.469 e. The minimum absolute atomic E-state index is 0.263. The Hall–Kier alpha value is -3.82. The average Bonchev–Trinajstić information content (AvgIpc) is 2.99. The Labute approximate surface area is 165 Å². The highest BCUT2D eigenvalue weighted by Gasteiger charge is 2.62. The van der Waals surface area contributed by atoms with Crippen LogP contribution in [0.3, 0.4) is 0 Å². The third-order valence-electron chi connectivity index (χ3n) is 4.74. The summed E-state index contributed by atoms with van der Waals surface area (Å²) < 4.78 is 19.7. The van der Waals surface area contributed by atoms with Gasteiger partial charge in [0, 0.05) is 11.3 Å². The molecule has 2 aliphatic heterocycles. The zero-order valence-corrected chi connectivity index (χ0v) is 15.9. The maximum Gasteiger partial charge on any atom is 0.340 e. The number of anilines is 1. The van der Waals surface area contributed by atoms with E-state index in [0.29, 0.717) is 5.69 Å². The molecule has 3 rings (SSSR count). The van der Waals surface area contributed by atoms with E-state index in [-0.39, 0.29) is 16.9 Å². The Kier molecular flexibility index (Phi) is 5.02. The molecule has 152 valence electrons. The number of nitrogens with two attached hydrogens (primary N) is 1. The monoisotopic (exact) mass is 402 g/mol. The van der Waals surface area contributed by atoms with Crippen LogP contribution < -0.4 is 11.1 Å². The van der Waals surface area contributed by atoms with Crippen molar-refractivity contribution >= 4 is 29.5 Å². The van der Waals surface area contributed by atoms with Crippen LogP contribution in [0.4, 0.5) is 5.69 Å². The number of amides is 1. The summed E-state index contributed by atoms with van der Waals surface area (Å²) in [5.41, 5.74) is 3.82. The van der Waals surface area contributed by atoms with Gasteiger partial charge in [-0.2, -0.15) is 0 Å². The molecule has 0 bridgehead atoms. The molecule has 0 radical (unpaired) electrons. The molecule has 1 spiro atoms. The number of carbonyl (C=O) groups is 4. The van der Waals surface area contributed by atoms with Crippen LogP contribution in [-0.4, -0.2) is 45.1 Å². The number of hydrogen-bond acceptors (Lipinski definition) is 9. The Morgan fingerprint density at radius 3 is 2.28 bits per heavy atom. The topological polar surface area (TPSA) is 143 Å². The molecule has 1 atom stereocenters. The van der Waals surface area contributed by atoms with Crippen molar-refractivity contribution in [3.8, 4) is 0 Å². The Balaban J connectivity index is 2.43. The molecule has 0 fully saturated rings. The Morgan fingerprint density at radius 2 is 1.66 bits per heavy atom. The number of fused-ring (bicyclic) bond motifs is 2. The lowest BCUT2D eigenvalue weighted by molar-refractivity contribution is -0.141. The molecule has 2 aliphatic rings. The number of benzene rings is 1. The molecular formula is C19H18N2O8. The van der Waals surface area contributed by atoms with Crippen molar-refractivity contribution in [1.82, 2.24) is 0 Å². The zero-order chi connectivity index (χ0) is 21.3. The van der Waals surface area contributed by atoms with E-state index in [4.69, 9.17) is 19.9 Å². The molecule has 29 heavy (non-hydrogen) atoms. The van der Waals surface area contributed by atoms with E-state index in [1.54, 1.807) is 24.3 Å². The highest BCUT2D eigenvalue weighted by Crippen LogP contribution is 2.52. The zero-order valence-electron chi connectivity index (χ0n) is 15.9. The summed E-state index contributed by atoms with van der Waals surface area (Å²) in [7, 11) is 3.34. The predicted molar refractivity (Wildman–Crippen MR) is 96.7 cm³/mol. The maximum absolute atomic E-state index is 13.3. The number of ether oxygens (including phenoxy) is 4. The summed E-state index contributed by atoms with van der Waals surface area (Å²) in [6.45, 7) is 0. The van der Waals surface area contributed by atoms with E-state index in [1.165, 1.54) is 0 Å². The van der Waals surface area contributed by atoms with E-state index < -0.39 is 47.1 Å². The first-order valence-electron chi connectivity index (χ1n) is 8.38. The van der Waals surface area contributed by atoms with Crippen molar-refractivity contribution in [2.24, 2.45) is 5.73 Å². The second kappa shape index (κ2) is 7.30. The molecule has 10 heteroatoms. The summed E-state index contributed by atoms with van der Waals surface area (Å²) >= 11 is 0. The largest absolute Gasteiger partial charge is 0.469 e. The lowest BCUT2D eigenvalue weighted by atomic mass is 9.67. The van der Waals surface area contributed by atoms with Crippen molar-refractivity contribution in [3.63, 3.8) is 0 Å². The molecule has 1 amide bonds. The van der Waals surface area contributed by atoms with Gasteiger partial charge in [-0.3, -0.25) is 9.59 Å². The number of carbonyl (C=O) groups excluding carboxylic acids is 4. The molecule has 0 saturated heterocycles. The van der Waals surface area contributed by atoms with Gasteiger partial charge in [-0.1, -0.05) is 18.2 Å². The standard InChI is InChI=1S/C19H18N2O8/c1-26-12(22)8-11-13(16(23)27-2)19(14(15(20)29-11)17(24)28-3)9-6-4-5-7-10(9)21-18(19)25/h4-7H,8,20H2,1-3H3,(H,21,25). The fourth-order valence-corrected chi connectivity index (χ4v) is 3.56. The number of rotatable bonds is 4. The van der Waals surface area contributed by atoms with E-state index in [0.717, 1.165) is 21.3 Å². The smallest absolute Gasteiger partial charge is 0.340 e. The first-order chi connectivity index (χ1) is 13.8. The maximum atomic E-state index is 13.3. The molecule has 1 unspecified atom stereocenters. The van der Waals surface area contributed by atoms with Gasteiger partial charge in [-0.25, -0.2) is 9.59 Å².